The largest absolute Gasteiger partial charge is 0.255 e. The highest BCUT2D eigenvalue weighted by Gasteiger charge is 2.21. The monoisotopic (exact) mass is 269 g/mol. The molecule has 1 aliphatic heterocycles. The molecular formula is C15H11NO2S. The molecular weight excluding hydrogens is 258 g/mol. The van der Waals surface area contributed by atoms with Gasteiger partial charge in [0.25, 0.3) is 0 Å². The van der Waals surface area contributed by atoms with Gasteiger partial charge in [0.1, 0.15) is 0 Å². The molecule has 0 saturated heterocycles. The van der Waals surface area contributed by atoms with Gasteiger partial charge in [0.2, 0.25) is 9.84 Å². The molecule has 0 fully saturated rings. The molecule has 0 unspecified atom stereocenters. The molecule has 2 aromatic rings. The summed E-state index contributed by atoms with van der Waals surface area (Å²) >= 11 is 0. The van der Waals surface area contributed by atoms with E-state index >= 15 is 0 Å². The van der Waals surface area contributed by atoms with Gasteiger partial charge < -0.3 is 0 Å². The van der Waals surface area contributed by atoms with E-state index in [1.807, 2.05) is 36.4 Å². The first-order chi connectivity index (χ1) is 9.18. The number of rotatable bonds is 1. The summed E-state index contributed by atoms with van der Waals surface area (Å²) in [6.45, 7) is 0. The van der Waals surface area contributed by atoms with E-state index in [1.165, 1.54) is 6.20 Å². The van der Waals surface area contributed by atoms with Crippen LogP contribution in [0.25, 0.3) is 0 Å². The average Bonchev–Trinajstić information content (AvgIpc) is 2.57. The molecule has 0 saturated carbocycles. The van der Waals surface area contributed by atoms with Gasteiger partial charge in [0.05, 0.1) is 16.0 Å². The van der Waals surface area contributed by atoms with Crippen LogP contribution < -0.4 is 0 Å². The van der Waals surface area contributed by atoms with Gasteiger partial charge in [-0.25, -0.2) is 8.42 Å². The number of benzene rings is 2. The number of sulfone groups is 1. The van der Waals surface area contributed by atoms with Crippen LogP contribution >= 0.6 is 0 Å². The molecule has 0 spiro atoms. The fourth-order valence-electron chi connectivity index (χ4n) is 2.06. The summed E-state index contributed by atoms with van der Waals surface area (Å²) in [7, 11) is -3.41. The Balaban J connectivity index is 2.29. The Morgan fingerprint density at radius 2 is 1.53 bits per heavy atom. The van der Waals surface area contributed by atoms with E-state index < -0.39 is 9.84 Å². The number of nitrogens with zero attached hydrogens (tertiary/aromatic N) is 1. The van der Waals surface area contributed by atoms with Crippen molar-refractivity contribution in [3.05, 3.63) is 77.3 Å². The summed E-state index contributed by atoms with van der Waals surface area (Å²) in [5.74, 6) is 0. The summed E-state index contributed by atoms with van der Waals surface area (Å²) in [4.78, 5) is 4.58. The van der Waals surface area contributed by atoms with Gasteiger partial charge in [0, 0.05) is 17.3 Å². The molecule has 2 aromatic carbocycles. The summed E-state index contributed by atoms with van der Waals surface area (Å²) < 4.78 is 24.2. The van der Waals surface area contributed by atoms with Gasteiger partial charge in [0.15, 0.2) is 0 Å². The molecule has 19 heavy (non-hydrogen) atoms. The van der Waals surface area contributed by atoms with E-state index in [0.717, 1.165) is 11.0 Å². The zero-order valence-corrected chi connectivity index (χ0v) is 10.8. The Hall–Kier alpha value is -2.20. The summed E-state index contributed by atoms with van der Waals surface area (Å²) in [6.07, 6.45) is 1.34. The molecule has 0 amide bonds. The first-order valence-electron chi connectivity index (χ1n) is 5.83. The normalized spacial score (nSPS) is 16.3. The number of hydrogen-bond donors (Lipinski definition) is 0. The van der Waals surface area contributed by atoms with E-state index in [-0.39, 0.29) is 0 Å². The lowest BCUT2D eigenvalue weighted by Crippen LogP contribution is -2.07. The van der Waals surface area contributed by atoms with Crippen LogP contribution in [-0.2, 0) is 9.84 Å². The number of aliphatic imine (C=N–C) groups is 1. The maximum absolute atomic E-state index is 12.1. The lowest BCUT2D eigenvalue weighted by molar-refractivity contribution is 0.604. The highest BCUT2D eigenvalue weighted by molar-refractivity contribution is 7.94. The van der Waals surface area contributed by atoms with Crippen molar-refractivity contribution in [3.8, 4) is 0 Å². The van der Waals surface area contributed by atoms with Crippen molar-refractivity contribution in [1.82, 2.24) is 0 Å². The Kier molecular flexibility index (Phi) is 2.80. The SMILES string of the molecule is O=S1(=O)C=CN=C(c2ccccc2)c2ccccc21. The Morgan fingerprint density at radius 1 is 0.842 bits per heavy atom. The Morgan fingerprint density at radius 3 is 2.32 bits per heavy atom. The van der Waals surface area contributed by atoms with E-state index in [2.05, 4.69) is 4.99 Å². The van der Waals surface area contributed by atoms with Crippen molar-refractivity contribution < 1.29 is 8.42 Å². The van der Waals surface area contributed by atoms with Crippen LogP contribution in [0.1, 0.15) is 11.1 Å². The Labute approximate surface area is 111 Å². The van der Waals surface area contributed by atoms with Crippen molar-refractivity contribution >= 4 is 15.5 Å². The second kappa shape index (κ2) is 4.48. The van der Waals surface area contributed by atoms with Crippen molar-refractivity contribution in [2.75, 3.05) is 0 Å². The summed E-state index contributed by atoms with van der Waals surface area (Å²) in [5.41, 5.74) is 2.21. The molecule has 0 aromatic heterocycles. The molecule has 1 aliphatic rings. The quantitative estimate of drug-likeness (QED) is 0.799. The van der Waals surface area contributed by atoms with Gasteiger partial charge in [-0.15, -0.1) is 0 Å². The minimum atomic E-state index is -3.41. The van der Waals surface area contributed by atoms with Crippen molar-refractivity contribution in [2.24, 2.45) is 4.99 Å². The predicted molar refractivity (Wildman–Crippen MR) is 74.8 cm³/mol. The van der Waals surface area contributed by atoms with E-state index in [9.17, 15) is 8.42 Å². The van der Waals surface area contributed by atoms with Crippen molar-refractivity contribution in [2.45, 2.75) is 4.90 Å². The van der Waals surface area contributed by atoms with E-state index in [4.69, 9.17) is 0 Å². The maximum Gasteiger partial charge on any atom is 0.201 e. The minimum Gasteiger partial charge on any atom is -0.255 e. The predicted octanol–water partition coefficient (Wildman–Crippen LogP) is 2.78. The fourth-order valence-corrected chi connectivity index (χ4v) is 3.17. The summed E-state index contributed by atoms with van der Waals surface area (Å²) in [6, 6.07) is 16.5. The number of fused-ring (bicyclic) bond motifs is 1. The number of hydrogen-bond acceptors (Lipinski definition) is 3. The molecule has 0 aliphatic carbocycles. The van der Waals surface area contributed by atoms with Gasteiger partial charge in [-0.3, -0.25) is 4.99 Å². The zero-order valence-electron chi connectivity index (χ0n) is 10.0. The van der Waals surface area contributed by atoms with Crippen LogP contribution in [0.4, 0.5) is 0 Å². The molecule has 0 bridgehead atoms. The summed E-state index contributed by atoms with van der Waals surface area (Å²) in [5, 5.41) is 1.14. The molecule has 3 nitrogen and oxygen atoms in total. The first kappa shape index (κ1) is 11.9. The fraction of sp³-hybridized carbons (Fsp3) is 0. The third kappa shape index (κ3) is 2.11. The third-order valence-electron chi connectivity index (χ3n) is 2.94. The highest BCUT2D eigenvalue weighted by atomic mass is 32.2. The van der Waals surface area contributed by atoms with Crippen LogP contribution in [-0.4, -0.2) is 14.1 Å². The Bertz CT molecular complexity index is 775. The molecule has 0 N–H and O–H groups in total. The molecule has 3 rings (SSSR count). The van der Waals surface area contributed by atoms with Gasteiger partial charge in [-0.05, 0) is 6.07 Å². The standard InChI is InChI=1S/C15H11NO2S/c17-19(18)11-10-16-15(12-6-2-1-3-7-12)13-8-4-5-9-14(13)19/h1-11H. The zero-order chi connectivity index (χ0) is 13.3. The third-order valence-corrected chi connectivity index (χ3v) is 4.39. The van der Waals surface area contributed by atoms with Crippen LogP contribution in [0.5, 0.6) is 0 Å². The molecule has 4 heteroatoms. The van der Waals surface area contributed by atoms with Crippen molar-refractivity contribution in [1.29, 1.82) is 0 Å². The lowest BCUT2D eigenvalue weighted by atomic mass is 10.0. The average molecular weight is 269 g/mol. The van der Waals surface area contributed by atoms with E-state index in [0.29, 0.717) is 16.2 Å². The molecule has 0 radical (unpaired) electrons. The first-order valence-corrected chi connectivity index (χ1v) is 7.37. The van der Waals surface area contributed by atoms with Gasteiger partial charge in [-0.2, -0.15) is 0 Å². The van der Waals surface area contributed by atoms with Crippen LogP contribution in [0.2, 0.25) is 0 Å². The second-order valence-electron chi connectivity index (χ2n) is 4.17. The van der Waals surface area contributed by atoms with Crippen LogP contribution in [0, 0.1) is 0 Å². The topological polar surface area (TPSA) is 46.5 Å². The molecule has 94 valence electrons. The van der Waals surface area contributed by atoms with Gasteiger partial charge >= 0.3 is 0 Å². The van der Waals surface area contributed by atoms with Crippen LogP contribution in [0.3, 0.4) is 0 Å². The highest BCUT2D eigenvalue weighted by Crippen LogP contribution is 2.24. The van der Waals surface area contributed by atoms with Gasteiger partial charge in [-0.1, -0.05) is 48.5 Å². The van der Waals surface area contributed by atoms with Crippen LogP contribution in [0.15, 0.2) is 76.1 Å². The molecule has 1 heterocycles. The molecule has 0 atom stereocenters. The van der Waals surface area contributed by atoms with E-state index in [1.54, 1.807) is 18.2 Å². The van der Waals surface area contributed by atoms with Crippen molar-refractivity contribution in [3.63, 3.8) is 0 Å². The minimum absolute atomic E-state index is 0.298. The lowest BCUT2D eigenvalue weighted by Gasteiger charge is -2.08. The maximum atomic E-state index is 12.1. The second-order valence-corrected chi connectivity index (χ2v) is 5.97. The smallest absolute Gasteiger partial charge is 0.201 e.